The number of pyridine rings is 1. The Morgan fingerprint density at radius 1 is 1.08 bits per heavy atom. The highest BCUT2D eigenvalue weighted by Crippen LogP contribution is 2.27. The minimum absolute atomic E-state index is 0.149. The Morgan fingerprint density at radius 3 is 2.79 bits per heavy atom. The van der Waals surface area contributed by atoms with Crippen LogP contribution in [0.3, 0.4) is 0 Å². The highest BCUT2D eigenvalue weighted by atomic mass is 32.2. The zero-order valence-corrected chi connectivity index (χ0v) is 13.7. The maximum absolute atomic E-state index is 12.8. The van der Waals surface area contributed by atoms with Crippen LogP contribution in [0, 0.1) is 6.92 Å². The molecule has 2 aromatic carbocycles. The molecule has 0 saturated carbocycles. The van der Waals surface area contributed by atoms with Gasteiger partial charge in [0.25, 0.3) is 10.0 Å². The minimum atomic E-state index is -3.76. The van der Waals surface area contributed by atoms with E-state index >= 15 is 0 Å². The molecule has 0 unspecified atom stereocenters. The van der Waals surface area contributed by atoms with E-state index in [4.69, 9.17) is 4.42 Å². The van der Waals surface area contributed by atoms with Gasteiger partial charge in [-0.05, 0) is 36.8 Å². The zero-order valence-electron chi connectivity index (χ0n) is 12.9. The van der Waals surface area contributed by atoms with Crippen LogP contribution >= 0.6 is 0 Å². The first-order valence-electron chi connectivity index (χ1n) is 7.39. The lowest BCUT2D eigenvalue weighted by Crippen LogP contribution is -2.13. The number of furan rings is 1. The molecule has 2 heterocycles. The van der Waals surface area contributed by atoms with Gasteiger partial charge in [0.15, 0.2) is 0 Å². The first-order valence-corrected chi connectivity index (χ1v) is 8.87. The van der Waals surface area contributed by atoms with E-state index in [1.165, 1.54) is 0 Å². The van der Waals surface area contributed by atoms with Gasteiger partial charge in [0.1, 0.15) is 10.5 Å². The number of rotatable bonds is 3. The normalized spacial score (nSPS) is 11.9. The first-order chi connectivity index (χ1) is 11.5. The fraction of sp³-hybridized carbons (Fsp3) is 0.0556. The van der Waals surface area contributed by atoms with Gasteiger partial charge in [0, 0.05) is 23.0 Å². The lowest BCUT2D eigenvalue weighted by molar-refractivity contribution is 0.602. The van der Waals surface area contributed by atoms with Crippen molar-refractivity contribution in [3.05, 3.63) is 66.6 Å². The molecule has 1 N–H and O–H groups in total. The Balaban J connectivity index is 1.78. The number of aryl methyl sites for hydroxylation is 1. The van der Waals surface area contributed by atoms with E-state index in [1.54, 1.807) is 42.8 Å². The maximum Gasteiger partial charge on any atom is 0.264 e. The molecular formula is C18H14N2O3S. The average molecular weight is 338 g/mol. The number of anilines is 1. The molecule has 2 aromatic heterocycles. The third kappa shape index (κ3) is 2.41. The fourth-order valence-corrected chi connectivity index (χ4v) is 3.96. The van der Waals surface area contributed by atoms with Gasteiger partial charge >= 0.3 is 0 Å². The third-order valence-electron chi connectivity index (χ3n) is 3.91. The molecule has 6 heteroatoms. The van der Waals surface area contributed by atoms with E-state index < -0.39 is 10.0 Å². The van der Waals surface area contributed by atoms with E-state index in [2.05, 4.69) is 9.71 Å². The molecule has 0 saturated heterocycles. The molecule has 0 spiro atoms. The Kier molecular flexibility index (Phi) is 3.28. The topological polar surface area (TPSA) is 72.2 Å². The summed E-state index contributed by atoms with van der Waals surface area (Å²) in [6.07, 6.45) is 3.23. The molecule has 4 aromatic rings. The number of sulfonamides is 1. The minimum Gasteiger partial charge on any atom is -0.464 e. The van der Waals surface area contributed by atoms with E-state index in [1.807, 2.05) is 25.1 Å². The number of hydrogen-bond acceptors (Lipinski definition) is 4. The average Bonchev–Trinajstić information content (AvgIpc) is 2.94. The number of hydrogen-bond donors (Lipinski definition) is 1. The molecule has 0 radical (unpaired) electrons. The zero-order chi connectivity index (χ0) is 16.7. The van der Waals surface area contributed by atoms with E-state index in [-0.39, 0.29) is 4.90 Å². The van der Waals surface area contributed by atoms with Crippen molar-refractivity contribution in [3.63, 3.8) is 0 Å². The molecule has 0 fully saturated rings. The summed E-state index contributed by atoms with van der Waals surface area (Å²) in [6, 6.07) is 13.9. The Labute approximate surface area is 139 Å². The summed E-state index contributed by atoms with van der Waals surface area (Å²) in [6.45, 7) is 1.94. The summed E-state index contributed by atoms with van der Waals surface area (Å²) in [7, 11) is -3.76. The molecular weight excluding hydrogens is 324 g/mol. The van der Waals surface area contributed by atoms with Crippen LogP contribution in [0.4, 0.5) is 5.69 Å². The SMILES string of the molecule is Cc1coc2cc(NS(=O)(=O)c3cccc4cccnc34)ccc12. The van der Waals surface area contributed by atoms with Crippen LogP contribution in [0.1, 0.15) is 5.56 Å². The van der Waals surface area contributed by atoms with Gasteiger partial charge in [0.05, 0.1) is 17.5 Å². The molecule has 24 heavy (non-hydrogen) atoms. The molecule has 0 atom stereocenters. The second-order valence-electron chi connectivity index (χ2n) is 5.57. The Bertz CT molecular complexity index is 1160. The largest absolute Gasteiger partial charge is 0.464 e. The number of nitrogens with one attached hydrogen (secondary N) is 1. The summed E-state index contributed by atoms with van der Waals surface area (Å²) in [4.78, 5) is 4.35. The van der Waals surface area contributed by atoms with Crippen LogP contribution in [0.5, 0.6) is 0 Å². The predicted octanol–water partition coefficient (Wildman–Crippen LogP) is 4.09. The number of nitrogens with zero attached hydrogens (tertiary/aromatic N) is 1. The highest BCUT2D eigenvalue weighted by Gasteiger charge is 2.18. The number of benzene rings is 2. The van der Waals surface area contributed by atoms with E-state index in [0.29, 0.717) is 16.8 Å². The van der Waals surface area contributed by atoms with Crippen LogP contribution < -0.4 is 4.72 Å². The van der Waals surface area contributed by atoms with Crippen molar-refractivity contribution in [1.29, 1.82) is 0 Å². The van der Waals surface area contributed by atoms with Gasteiger partial charge in [-0.25, -0.2) is 8.42 Å². The van der Waals surface area contributed by atoms with Crippen molar-refractivity contribution >= 4 is 37.6 Å². The van der Waals surface area contributed by atoms with E-state index in [0.717, 1.165) is 16.3 Å². The maximum atomic E-state index is 12.8. The van der Waals surface area contributed by atoms with Crippen LogP contribution in [0.15, 0.2) is 70.3 Å². The summed E-state index contributed by atoms with van der Waals surface area (Å²) < 4.78 is 33.6. The van der Waals surface area contributed by atoms with E-state index in [9.17, 15) is 8.42 Å². The van der Waals surface area contributed by atoms with Crippen molar-refractivity contribution in [2.45, 2.75) is 11.8 Å². The van der Waals surface area contributed by atoms with Gasteiger partial charge in [-0.1, -0.05) is 18.2 Å². The Morgan fingerprint density at radius 2 is 1.92 bits per heavy atom. The van der Waals surface area contributed by atoms with Crippen LogP contribution in [-0.4, -0.2) is 13.4 Å². The van der Waals surface area contributed by atoms with Crippen LogP contribution in [0.25, 0.3) is 21.9 Å². The Hall–Kier alpha value is -2.86. The van der Waals surface area contributed by atoms with Crippen LogP contribution in [-0.2, 0) is 10.0 Å². The van der Waals surface area contributed by atoms with Gasteiger partial charge in [0.2, 0.25) is 0 Å². The third-order valence-corrected chi connectivity index (χ3v) is 5.32. The summed E-state index contributed by atoms with van der Waals surface area (Å²) in [5, 5.41) is 1.74. The molecule has 5 nitrogen and oxygen atoms in total. The van der Waals surface area contributed by atoms with Crippen molar-refractivity contribution in [3.8, 4) is 0 Å². The van der Waals surface area contributed by atoms with Crippen molar-refractivity contribution in [2.24, 2.45) is 0 Å². The van der Waals surface area contributed by atoms with Gasteiger partial charge in [-0.15, -0.1) is 0 Å². The summed E-state index contributed by atoms with van der Waals surface area (Å²) in [5.74, 6) is 0. The number of fused-ring (bicyclic) bond motifs is 2. The standard InChI is InChI=1S/C18H14N2O3S/c1-12-11-23-16-10-14(7-8-15(12)16)20-24(21,22)17-6-2-4-13-5-3-9-19-18(13)17/h2-11,20H,1H3. The van der Waals surface area contributed by atoms with Crippen LogP contribution in [0.2, 0.25) is 0 Å². The highest BCUT2D eigenvalue weighted by molar-refractivity contribution is 7.93. The predicted molar refractivity (Wildman–Crippen MR) is 93.5 cm³/mol. The smallest absolute Gasteiger partial charge is 0.264 e. The molecule has 0 bridgehead atoms. The molecule has 4 rings (SSSR count). The quantitative estimate of drug-likeness (QED) is 0.611. The van der Waals surface area contributed by atoms with Gasteiger partial charge in [-0.2, -0.15) is 0 Å². The second kappa shape index (κ2) is 5.35. The van der Waals surface area contributed by atoms with Gasteiger partial charge in [-0.3, -0.25) is 9.71 Å². The van der Waals surface area contributed by atoms with Crippen molar-refractivity contribution < 1.29 is 12.8 Å². The fourth-order valence-electron chi connectivity index (χ4n) is 2.73. The number of aromatic nitrogens is 1. The monoisotopic (exact) mass is 338 g/mol. The lowest BCUT2D eigenvalue weighted by Gasteiger charge is -2.10. The summed E-state index contributed by atoms with van der Waals surface area (Å²) in [5.41, 5.74) is 2.55. The molecule has 0 aliphatic carbocycles. The molecule has 0 aliphatic rings. The molecule has 120 valence electrons. The summed E-state index contributed by atoms with van der Waals surface area (Å²) >= 11 is 0. The van der Waals surface area contributed by atoms with Crippen molar-refractivity contribution in [2.75, 3.05) is 4.72 Å². The lowest BCUT2D eigenvalue weighted by atomic mass is 10.2. The van der Waals surface area contributed by atoms with Gasteiger partial charge < -0.3 is 4.42 Å². The number of para-hydroxylation sites is 1. The molecule has 0 aliphatic heterocycles. The second-order valence-corrected chi connectivity index (χ2v) is 7.22. The molecule has 0 amide bonds. The van der Waals surface area contributed by atoms with Crippen molar-refractivity contribution in [1.82, 2.24) is 4.98 Å². The first kappa shape index (κ1) is 14.7.